The number of carbonyl (C=O) groups is 2. The van der Waals surface area contributed by atoms with Crippen LogP contribution in [0.25, 0.3) is 0 Å². The van der Waals surface area contributed by atoms with E-state index in [4.69, 9.17) is 11.5 Å². The van der Waals surface area contributed by atoms with E-state index in [0.29, 0.717) is 0 Å². The zero-order valence-electron chi connectivity index (χ0n) is 9.84. The van der Waals surface area contributed by atoms with Gasteiger partial charge in [-0.2, -0.15) is 13.1 Å². The third-order valence-corrected chi connectivity index (χ3v) is 2.51. The Morgan fingerprint density at radius 1 is 1.44 bits per heavy atom. The second-order valence-corrected chi connectivity index (χ2v) is 4.92. The fourth-order valence-electron chi connectivity index (χ4n) is 0.862. The maximum atomic E-state index is 11.4. The van der Waals surface area contributed by atoms with Crippen LogP contribution in [0, 0.1) is 12.3 Å². The van der Waals surface area contributed by atoms with Crippen molar-refractivity contribution < 1.29 is 27.9 Å². The Hall–Kier alpha value is -1.79. The van der Waals surface area contributed by atoms with E-state index in [1.165, 1.54) is 18.6 Å². The van der Waals surface area contributed by atoms with Crippen molar-refractivity contribution in [1.29, 1.82) is 0 Å². The lowest BCUT2D eigenvalue weighted by molar-refractivity contribution is -0.138. The Bertz CT molecular complexity index is 450. The average Bonchev–Trinajstić information content (AvgIpc) is 2.13. The number of ether oxygens (including phenoxy) is 1. The predicted molar refractivity (Wildman–Crippen MR) is 61.7 cm³/mol. The molecule has 0 saturated carbocycles. The molecule has 3 N–H and O–H groups in total. The number of carbonyl (C=O) groups excluding carboxylic acids is 1. The molecule has 0 aliphatic heterocycles. The van der Waals surface area contributed by atoms with Gasteiger partial charge in [-0.1, -0.05) is 0 Å². The summed E-state index contributed by atoms with van der Waals surface area (Å²) >= 11 is 0. The highest BCUT2D eigenvalue weighted by atomic mass is 32.2. The van der Waals surface area contributed by atoms with Crippen molar-refractivity contribution in [3.05, 3.63) is 0 Å². The Morgan fingerprint density at radius 3 is 2.39 bits per heavy atom. The van der Waals surface area contributed by atoms with Gasteiger partial charge in [0.05, 0.1) is 6.10 Å². The average molecular weight is 278 g/mol. The summed E-state index contributed by atoms with van der Waals surface area (Å²) in [6.07, 6.45) is 2.82. The summed E-state index contributed by atoms with van der Waals surface area (Å²) in [4.78, 5) is 21.7. The van der Waals surface area contributed by atoms with E-state index in [9.17, 15) is 18.0 Å². The number of nitrogens with one attached hydrogen (secondary N) is 2. The second kappa shape index (κ2) is 6.83. The molecule has 0 spiro atoms. The summed E-state index contributed by atoms with van der Waals surface area (Å²) in [6.45, 7) is 3.05. The molecule has 0 aliphatic rings. The van der Waals surface area contributed by atoms with Gasteiger partial charge in [-0.15, -0.1) is 12.3 Å². The van der Waals surface area contributed by atoms with E-state index in [1.54, 1.807) is 4.72 Å². The Balaban J connectivity index is 4.60. The van der Waals surface area contributed by atoms with Crippen molar-refractivity contribution in [3.63, 3.8) is 0 Å². The van der Waals surface area contributed by atoms with Gasteiger partial charge < -0.3 is 9.84 Å². The number of rotatable bonds is 6. The third kappa shape index (κ3) is 6.72. The maximum Gasteiger partial charge on any atom is 0.422 e. The number of hydrogen-bond donors (Lipinski definition) is 3. The third-order valence-electron chi connectivity index (χ3n) is 1.48. The van der Waals surface area contributed by atoms with Crippen LogP contribution in [-0.2, 0) is 19.7 Å². The van der Waals surface area contributed by atoms with Crippen LogP contribution in [0.15, 0.2) is 0 Å². The molecule has 0 aromatic rings. The molecule has 0 aromatic heterocycles. The highest BCUT2D eigenvalue weighted by Crippen LogP contribution is 1.95. The van der Waals surface area contributed by atoms with Gasteiger partial charge in [0, 0.05) is 6.42 Å². The van der Waals surface area contributed by atoms with Crippen LogP contribution >= 0.6 is 0 Å². The minimum Gasteiger partial charge on any atom is -0.480 e. The predicted octanol–water partition coefficient (Wildman–Crippen LogP) is -0.568. The van der Waals surface area contributed by atoms with Crippen molar-refractivity contribution in [1.82, 2.24) is 9.44 Å². The minimum atomic E-state index is -4.34. The highest BCUT2D eigenvalue weighted by Gasteiger charge is 2.25. The van der Waals surface area contributed by atoms with E-state index in [1.807, 2.05) is 5.92 Å². The summed E-state index contributed by atoms with van der Waals surface area (Å²) in [5.74, 6) is 0.557. The molecule has 0 radical (unpaired) electrons. The van der Waals surface area contributed by atoms with Gasteiger partial charge in [0.25, 0.3) is 0 Å². The molecule has 0 saturated heterocycles. The number of carboxylic acid groups (broad SMARTS) is 1. The molecular weight excluding hydrogens is 264 g/mol. The van der Waals surface area contributed by atoms with E-state index >= 15 is 0 Å². The van der Waals surface area contributed by atoms with Gasteiger partial charge in [-0.3, -0.25) is 4.79 Å². The lowest BCUT2D eigenvalue weighted by Gasteiger charge is -2.14. The first-order valence-corrected chi connectivity index (χ1v) is 6.33. The van der Waals surface area contributed by atoms with Crippen LogP contribution < -0.4 is 9.44 Å². The van der Waals surface area contributed by atoms with Crippen molar-refractivity contribution in [2.75, 3.05) is 0 Å². The highest BCUT2D eigenvalue weighted by molar-refractivity contribution is 7.88. The number of amides is 1. The van der Waals surface area contributed by atoms with Gasteiger partial charge in [-0.25, -0.2) is 9.52 Å². The van der Waals surface area contributed by atoms with Crippen LogP contribution in [0.1, 0.15) is 20.3 Å². The van der Waals surface area contributed by atoms with E-state index in [-0.39, 0.29) is 6.42 Å². The van der Waals surface area contributed by atoms with Crippen LogP contribution in [0.2, 0.25) is 0 Å². The molecule has 9 heteroatoms. The van der Waals surface area contributed by atoms with Crippen molar-refractivity contribution >= 4 is 22.3 Å². The number of hydrogen-bond acceptors (Lipinski definition) is 5. The second-order valence-electron chi connectivity index (χ2n) is 3.48. The van der Waals surface area contributed by atoms with Crippen molar-refractivity contribution in [3.8, 4) is 12.3 Å². The molecule has 0 rings (SSSR count). The Morgan fingerprint density at radius 2 is 2.00 bits per heavy atom. The van der Waals surface area contributed by atoms with E-state index in [2.05, 4.69) is 4.74 Å². The topological polar surface area (TPSA) is 122 Å². The van der Waals surface area contributed by atoms with Crippen LogP contribution in [0.3, 0.4) is 0 Å². The van der Waals surface area contributed by atoms with Gasteiger partial charge in [0.1, 0.15) is 6.04 Å². The van der Waals surface area contributed by atoms with E-state index in [0.717, 1.165) is 0 Å². The maximum absolute atomic E-state index is 11.4. The molecule has 8 nitrogen and oxygen atoms in total. The first-order valence-electron chi connectivity index (χ1n) is 4.85. The van der Waals surface area contributed by atoms with Gasteiger partial charge >= 0.3 is 22.3 Å². The Labute approximate surface area is 105 Å². The first-order chi connectivity index (χ1) is 8.18. The summed E-state index contributed by atoms with van der Waals surface area (Å²) in [7, 11) is -4.34. The zero-order valence-corrected chi connectivity index (χ0v) is 10.7. The van der Waals surface area contributed by atoms with Crippen LogP contribution in [0.4, 0.5) is 4.79 Å². The van der Waals surface area contributed by atoms with Crippen molar-refractivity contribution in [2.24, 2.45) is 0 Å². The molecule has 0 aromatic carbocycles. The number of terminal acetylenes is 1. The number of carboxylic acids is 1. The molecule has 1 unspecified atom stereocenters. The summed E-state index contributed by atoms with van der Waals surface area (Å²) in [5, 5.41) is 8.68. The molecule has 0 heterocycles. The Kier molecular flexibility index (Phi) is 6.15. The minimum absolute atomic E-state index is 0.352. The monoisotopic (exact) mass is 278 g/mol. The fourth-order valence-corrected chi connectivity index (χ4v) is 1.75. The summed E-state index contributed by atoms with van der Waals surface area (Å²) in [5.41, 5.74) is 0. The molecule has 1 amide bonds. The first kappa shape index (κ1) is 16.2. The quantitative estimate of drug-likeness (QED) is 0.559. The number of aliphatic carboxylic acids is 1. The lowest BCUT2D eigenvalue weighted by atomic mass is 10.2. The van der Waals surface area contributed by atoms with Gasteiger partial charge in [-0.05, 0) is 13.8 Å². The standard InChI is InChI=1S/C9H14N2O6S/c1-4-5-7(8(12)13)10-18(15,16)11-9(14)17-6(2)3/h1,6-7,10H,5H2,2-3H3,(H,11,14)(H,12,13). The molecular formula is C9H14N2O6S. The molecule has 102 valence electrons. The molecule has 1 atom stereocenters. The molecule has 18 heavy (non-hydrogen) atoms. The summed E-state index contributed by atoms with van der Waals surface area (Å²) in [6, 6.07) is -1.51. The molecule has 0 fully saturated rings. The fraction of sp³-hybridized carbons (Fsp3) is 0.556. The van der Waals surface area contributed by atoms with Crippen LogP contribution in [0.5, 0.6) is 0 Å². The zero-order chi connectivity index (χ0) is 14.3. The van der Waals surface area contributed by atoms with E-state index < -0.39 is 34.4 Å². The summed E-state index contributed by atoms with van der Waals surface area (Å²) < 4.78 is 30.5. The van der Waals surface area contributed by atoms with Crippen molar-refractivity contribution in [2.45, 2.75) is 32.4 Å². The molecule has 0 aliphatic carbocycles. The molecule has 0 bridgehead atoms. The largest absolute Gasteiger partial charge is 0.480 e. The van der Waals surface area contributed by atoms with Crippen LogP contribution in [-0.4, -0.2) is 37.7 Å². The van der Waals surface area contributed by atoms with Gasteiger partial charge in [0.15, 0.2) is 0 Å². The van der Waals surface area contributed by atoms with Gasteiger partial charge in [0.2, 0.25) is 0 Å². The normalized spacial score (nSPS) is 12.6. The SMILES string of the molecule is C#CCC(NS(=O)(=O)NC(=O)OC(C)C)C(=O)O. The lowest BCUT2D eigenvalue weighted by Crippen LogP contribution is -2.48. The smallest absolute Gasteiger partial charge is 0.422 e.